The molecule has 0 radical (unpaired) electrons. The van der Waals surface area contributed by atoms with E-state index in [9.17, 15) is 0 Å². The molecular weight excluding hydrogens is 234 g/mol. The van der Waals surface area contributed by atoms with E-state index >= 15 is 0 Å². The van der Waals surface area contributed by atoms with Crippen molar-refractivity contribution >= 4 is 10.9 Å². The lowest BCUT2D eigenvalue weighted by atomic mass is 9.96. The second-order valence-electron chi connectivity index (χ2n) is 5.57. The molecular formula is C16H23N3. The van der Waals surface area contributed by atoms with Gasteiger partial charge in [-0.25, -0.2) is 0 Å². The van der Waals surface area contributed by atoms with Crippen molar-refractivity contribution in [2.24, 2.45) is 5.92 Å². The predicted molar refractivity (Wildman–Crippen MR) is 79.3 cm³/mol. The molecule has 0 spiro atoms. The zero-order valence-corrected chi connectivity index (χ0v) is 11.9. The van der Waals surface area contributed by atoms with Gasteiger partial charge in [-0.3, -0.25) is 4.68 Å². The molecule has 1 heterocycles. The summed E-state index contributed by atoms with van der Waals surface area (Å²) in [6, 6.07) is 9.29. The molecule has 2 atom stereocenters. The van der Waals surface area contributed by atoms with E-state index in [1.807, 2.05) is 0 Å². The van der Waals surface area contributed by atoms with Gasteiger partial charge in [0.1, 0.15) is 0 Å². The lowest BCUT2D eigenvalue weighted by Crippen LogP contribution is -2.30. The molecule has 1 aromatic carbocycles. The van der Waals surface area contributed by atoms with E-state index in [1.165, 1.54) is 35.9 Å². The maximum absolute atomic E-state index is 4.83. The third-order valence-corrected chi connectivity index (χ3v) is 4.52. The van der Waals surface area contributed by atoms with Crippen molar-refractivity contribution in [2.75, 3.05) is 7.05 Å². The van der Waals surface area contributed by atoms with Crippen LogP contribution in [0.25, 0.3) is 10.9 Å². The van der Waals surface area contributed by atoms with Crippen molar-refractivity contribution in [2.45, 2.75) is 45.2 Å². The lowest BCUT2D eigenvalue weighted by Gasteiger charge is -2.17. The number of aryl methyl sites for hydroxylation is 1. The van der Waals surface area contributed by atoms with Gasteiger partial charge in [0.05, 0.1) is 11.2 Å². The second kappa shape index (κ2) is 5.33. The molecule has 0 saturated heterocycles. The number of hydrogen-bond acceptors (Lipinski definition) is 2. The molecule has 3 rings (SSSR count). The van der Waals surface area contributed by atoms with Crippen LogP contribution in [-0.4, -0.2) is 22.9 Å². The zero-order valence-electron chi connectivity index (χ0n) is 11.9. The molecule has 3 nitrogen and oxygen atoms in total. The van der Waals surface area contributed by atoms with Crippen LogP contribution in [-0.2, 0) is 13.0 Å². The Balaban J connectivity index is 1.92. The number of benzene rings is 1. The highest BCUT2D eigenvalue weighted by Crippen LogP contribution is 2.30. The van der Waals surface area contributed by atoms with Crippen molar-refractivity contribution in [1.29, 1.82) is 0 Å². The van der Waals surface area contributed by atoms with E-state index < -0.39 is 0 Å². The van der Waals surface area contributed by atoms with E-state index in [1.54, 1.807) is 0 Å². The van der Waals surface area contributed by atoms with Crippen LogP contribution < -0.4 is 5.32 Å². The molecule has 0 amide bonds. The molecule has 1 N–H and O–H groups in total. The Bertz CT molecular complexity index is 558. The molecule has 1 aliphatic carbocycles. The molecule has 1 aromatic heterocycles. The Morgan fingerprint density at radius 2 is 2.16 bits per heavy atom. The minimum atomic E-state index is 0.672. The summed E-state index contributed by atoms with van der Waals surface area (Å²) in [6.45, 7) is 3.11. The minimum absolute atomic E-state index is 0.672. The van der Waals surface area contributed by atoms with Crippen LogP contribution >= 0.6 is 0 Å². The number of aromatic nitrogens is 2. The van der Waals surface area contributed by atoms with E-state index in [-0.39, 0.29) is 0 Å². The van der Waals surface area contributed by atoms with Crippen molar-refractivity contribution in [1.82, 2.24) is 15.1 Å². The summed E-state index contributed by atoms with van der Waals surface area (Å²) >= 11 is 0. The summed E-state index contributed by atoms with van der Waals surface area (Å²) in [7, 11) is 2.09. The molecule has 1 aliphatic rings. The van der Waals surface area contributed by atoms with Crippen LogP contribution in [0.1, 0.15) is 31.9 Å². The number of para-hydroxylation sites is 1. The Kier molecular flexibility index (Phi) is 3.56. The van der Waals surface area contributed by atoms with Crippen molar-refractivity contribution in [3.63, 3.8) is 0 Å². The number of hydrogen-bond donors (Lipinski definition) is 1. The van der Waals surface area contributed by atoms with Crippen LogP contribution in [0.2, 0.25) is 0 Å². The predicted octanol–water partition coefficient (Wildman–Crippen LogP) is 2.99. The normalized spacial score (nSPS) is 23.3. The Morgan fingerprint density at radius 1 is 1.32 bits per heavy atom. The first kappa shape index (κ1) is 12.7. The fourth-order valence-electron chi connectivity index (χ4n) is 3.50. The van der Waals surface area contributed by atoms with Crippen molar-refractivity contribution < 1.29 is 0 Å². The molecule has 102 valence electrons. The van der Waals surface area contributed by atoms with E-state index in [2.05, 4.69) is 48.2 Å². The Morgan fingerprint density at radius 3 is 2.95 bits per heavy atom. The van der Waals surface area contributed by atoms with Crippen molar-refractivity contribution in [3.8, 4) is 0 Å². The van der Waals surface area contributed by atoms with Gasteiger partial charge in [0.15, 0.2) is 0 Å². The van der Waals surface area contributed by atoms with Gasteiger partial charge in [-0.2, -0.15) is 5.10 Å². The van der Waals surface area contributed by atoms with E-state index in [0.717, 1.165) is 18.9 Å². The smallest absolute Gasteiger partial charge is 0.0706 e. The summed E-state index contributed by atoms with van der Waals surface area (Å²) in [5, 5.41) is 9.64. The lowest BCUT2D eigenvalue weighted by molar-refractivity contribution is 0.419. The highest BCUT2D eigenvalue weighted by atomic mass is 15.3. The Labute approximate surface area is 115 Å². The quantitative estimate of drug-likeness (QED) is 0.912. The maximum atomic E-state index is 4.83. The van der Waals surface area contributed by atoms with Gasteiger partial charge in [-0.1, -0.05) is 24.6 Å². The molecule has 1 fully saturated rings. The zero-order chi connectivity index (χ0) is 13.2. The average molecular weight is 257 g/mol. The second-order valence-corrected chi connectivity index (χ2v) is 5.57. The van der Waals surface area contributed by atoms with Crippen LogP contribution in [0, 0.1) is 5.92 Å². The van der Waals surface area contributed by atoms with Crippen LogP contribution in [0.4, 0.5) is 0 Å². The van der Waals surface area contributed by atoms with E-state index in [0.29, 0.717) is 6.04 Å². The number of nitrogens with zero attached hydrogens (tertiary/aromatic N) is 2. The van der Waals surface area contributed by atoms with Crippen LogP contribution in [0.3, 0.4) is 0 Å². The van der Waals surface area contributed by atoms with Gasteiger partial charge in [0.25, 0.3) is 0 Å². The monoisotopic (exact) mass is 257 g/mol. The summed E-state index contributed by atoms with van der Waals surface area (Å²) in [4.78, 5) is 0. The highest BCUT2D eigenvalue weighted by molar-refractivity contribution is 5.81. The third-order valence-electron chi connectivity index (χ3n) is 4.52. The SMILES string of the molecule is CCn1nc(CC2CCCC2NC)c2ccccc21. The molecule has 0 bridgehead atoms. The van der Waals surface area contributed by atoms with E-state index in [4.69, 9.17) is 5.10 Å². The highest BCUT2D eigenvalue weighted by Gasteiger charge is 2.27. The molecule has 0 aliphatic heterocycles. The minimum Gasteiger partial charge on any atom is -0.317 e. The molecule has 2 aromatic rings. The maximum Gasteiger partial charge on any atom is 0.0706 e. The molecule has 2 unspecified atom stereocenters. The fourth-order valence-corrected chi connectivity index (χ4v) is 3.50. The van der Waals surface area contributed by atoms with Gasteiger partial charge < -0.3 is 5.32 Å². The average Bonchev–Trinajstić information content (AvgIpc) is 3.04. The molecule has 1 saturated carbocycles. The Hall–Kier alpha value is -1.35. The summed E-state index contributed by atoms with van der Waals surface area (Å²) in [5.74, 6) is 0.744. The topological polar surface area (TPSA) is 29.9 Å². The summed E-state index contributed by atoms with van der Waals surface area (Å²) in [6.07, 6.45) is 5.11. The molecule has 3 heteroatoms. The van der Waals surface area contributed by atoms with Gasteiger partial charge in [-0.05, 0) is 45.2 Å². The standard InChI is InChI=1S/C16H23N3/c1-3-19-16-10-5-4-8-13(16)15(18-19)11-12-7-6-9-14(12)17-2/h4-5,8,10,12,14,17H,3,6-7,9,11H2,1-2H3. The summed E-state index contributed by atoms with van der Waals surface area (Å²) in [5.41, 5.74) is 2.56. The van der Waals surface area contributed by atoms with Crippen LogP contribution in [0.5, 0.6) is 0 Å². The largest absolute Gasteiger partial charge is 0.317 e. The summed E-state index contributed by atoms with van der Waals surface area (Å²) < 4.78 is 2.13. The van der Waals surface area contributed by atoms with Crippen LogP contribution in [0.15, 0.2) is 24.3 Å². The fraction of sp³-hybridized carbons (Fsp3) is 0.562. The first-order valence-electron chi connectivity index (χ1n) is 7.45. The van der Waals surface area contributed by atoms with Gasteiger partial charge >= 0.3 is 0 Å². The van der Waals surface area contributed by atoms with Gasteiger partial charge in [-0.15, -0.1) is 0 Å². The molecule has 19 heavy (non-hydrogen) atoms. The first-order chi connectivity index (χ1) is 9.33. The number of rotatable bonds is 4. The van der Waals surface area contributed by atoms with Crippen molar-refractivity contribution in [3.05, 3.63) is 30.0 Å². The van der Waals surface area contributed by atoms with Gasteiger partial charge in [0.2, 0.25) is 0 Å². The first-order valence-corrected chi connectivity index (χ1v) is 7.45. The van der Waals surface area contributed by atoms with Gasteiger partial charge in [0, 0.05) is 18.0 Å². The number of nitrogens with one attached hydrogen (secondary N) is 1. The third kappa shape index (κ3) is 2.27. The number of fused-ring (bicyclic) bond motifs is 1.